The van der Waals surface area contributed by atoms with Crippen LogP contribution in [0.1, 0.15) is 36.9 Å². The van der Waals surface area contributed by atoms with Gasteiger partial charge in [0.15, 0.2) is 0 Å². The summed E-state index contributed by atoms with van der Waals surface area (Å²) in [4.78, 5) is 0. The molecule has 0 aromatic heterocycles. The van der Waals surface area contributed by atoms with E-state index in [1.54, 1.807) is 0 Å². The van der Waals surface area contributed by atoms with Crippen LogP contribution in [0.3, 0.4) is 0 Å². The average molecular weight is 252 g/mol. The van der Waals surface area contributed by atoms with Gasteiger partial charge in [0.05, 0.1) is 5.56 Å². The fraction of sp³-hybridized carbons (Fsp3) is 0.455. The van der Waals surface area contributed by atoms with Crippen molar-refractivity contribution in [2.45, 2.75) is 32.0 Å². The average Bonchev–Trinajstić information content (AvgIpc) is 2.16. The summed E-state index contributed by atoms with van der Waals surface area (Å²) >= 11 is 5.64. The first-order valence-corrected chi connectivity index (χ1v) is 5.35. The maximum atomic E-state index is 12.5. The van der Waals surface area contributed by atoms with Gasteiger partial charge < -0.3 is 5.73 Å². The zero-order valence-corrected chi connectivity index (χ0v) is 9.57. The summed E-state index contributed by atoms with van der Waals surface area (Å²) < 4.78 is 37.5. The van der Waals surface area contributed by atoms with Crippen molar-refractivity contribution in [1.29, 1.82) is 0 Å². The highest BCUT2D eigenvalue weighted by atomic mass is 35.5. The summed E-state index contributed by atoms with van der Waals surface area (Å²) in [7, 11) is 0. The number of rotatable bonds is 3. The first-order chi connectivity index (χ1) is 7.34. The minimum absolute atomic E-state index is 0.0661. The number of hydrogen-bond acceptors (Lipinski definition) is 1. The van der Waals surface area contributed by atoms with Crippen LogP contribution in [-0.4, -0.2) is 0 Å². The molecule has 0 radical (unpaired) electrons. The SMILES string of the molecule is CCC[C@@H](N)c1cc(Cl)cc(C(F)(F)F)c1. The van der Waals surface area contributed by atoms with Crippen molar-refractivity contribution >= 4 is 11.6 Å². The molecule has 0 aliphatic heterocycles. The Balaban J connectivity index is 3.08. The highest BCUT2D eigenvalue weighted by Crippen LogP contribution is 2.33. The molecular formula is C11H13ClF3N. The molecule has 0 spiro atoms. The van der Waals surface area contributed by atoms with E-state index in [0.29, 0.717) is 12.0 Å². The van der Waals surface area contributed by atoms with Crippen molar-refractivity contribution in [2.24, 2.45) is 5.73 Å². The van der Waals surface area contributed by atoms with E-state index in [2.05, 4.69) is 0 Å². The molecule has 0 heterocycles. The van der Waals surface area contributed by atoms with E-state index in [0.717, 1.165) is 18.6 Å². The van der Waals surface area contributed by atoms with E-state index in [1.165, 1.54) is 6.07 Å². The fourth-order valence-corrected chi connectivity index (χ4v) is 1.71. The third kappa shape index (κ3) is 3.39. The standard InChI is InChI=1S/C11H13ClF3N/c1-2-3-10(16)7-4-8(11(13,14)15)6-9(12)5-7/h4-6,10H,2-3,16H2,1H3/t10-/m1/s1. The molecule has 0 unspecified atom stereocenters. The summed E-state index contributed by atoms with van der Waals surface area (Å²) in [5.41, 5.74) is 5.44. The van der Waals surface area contributed by atoms with Gasteiger partial charge in [-0.2, -0.15) is 13.2 Å². The number of halogens is 4. The van der Waals surface area contributed by atoms with Crippen molar-refractivity contribution in [3.63, 3.8) is 0 Å². The summed E-state index contributed by atoms with van der Waals surface area (Å²) in [6.45, 7) is 1.93. The maximum Gasteiger partial charge on any atom is 0.416 e. The van der Waals surface area contributed by atoms with E-state index in [4.69, 9.17) is 17.3 Å². The molecular weight excluding hydrogens is 239 g/mol. The van der Waals surface area contributed by atoms with Gasteiger partial charge >= 0.3 is 6.18 Å². The molecule has 2 N–H and O–H groups in total. The highest BCUT2D eigenvalue weighted by Gasteiger charge is 2.31. The van der Waals surface area contributed by atoms with E-state index in [9.17, 15) is 13.2 Å². The predicted octanol–water partition coefficient (Wildman–Crippen LogP) is 4.16. The largest absolute Gasteiger partial charge is 0.416 e. The molecule has 1 aromatic rings. The second-order valence-electron chi connectivity index (χ2n) is 3.67. The van der Waals surface area contributed by atoms with Gasteiger partial charge in [0.2, 0.25) is 0 Å². The van der Waals surface area contributed by atoms with Crippen LogP contribution in [0.15, 0.2) is 18.2 Å². The molecule has 1 nitrogen and oxygen atoms in total. The van der Waals surface area contributed by atoms with Gasteiger partial charge in [0, 0.05) is 11.1 Å². The van der Waals surface area contributed by atoms with E-state index in [1.807, 2.05) is 6.92 Å². The first kappa shape index (κ1) is 13.3. The Kier molecular flexibility index (Phi) is 4.21. The number of benzene rings is 1. The topological polar surface area (TPSA) is 26.0 Å². The lowest BCUT2D eigenvalue weighted by Gasteiger charge is -2.14. The fourth-order valence-electron chi connectivity index (χ4n) is 1.47. The molecule has 1 rings (SSSR count). The first-order valence-electron chi connectivity index (χ1n) is 4.98. The van der Waals surface area contributed by atoms with Crippen LogP contribution in [0.4, 0.5) is 13.2 Å². The third-order valence-electron chi connectivity index (χ3n) is 2.28. The Bertz CT molecular complexity index is 363. The molecule has 0 saturated carbocycles. The van der Waals surface area contributed by atoms with Gasteiger partial charge in [-0.15, -0.1) is 0 Å². The number of hydrogen-bond donors (Lipinski definition) is 1. The third-order valence-corrected chi connectivity index (χ3v) is 2.49. The van der Waals surface area contributed by atoms with Crippen LogP contribution in [0.5, 0.6) is 0 Å². The van der Waals surface area contributed by atoms with Gasteiger partial charge in [0.1, 0.15) is 0 Å². The molecule has 90 valence electrons. The monoisotopic (exact) mass is 251 g/mol. The van der Waals surface area contributed by atoms with Crippen molar-refractivity contribution in [1.82, 2.24) is 0 Å². The maximum absolute atomic E-state index is 12.5. The predicted molar refractivity (Wildman–Crippen MR) is 58.3 cm³/mol. The van der Waals surface area contributed by atoms with Crippen LogP contribution in [0.2, 0.25) is 5.02 Å². The van der Waals surface area contributed by atoms with Gasteiger partial charge in [0.25, 0.3) is 0 Å². The number of nitrogens with two attached hydrogens (primary N) is 1. The second kappa shape index (κ2) is 5.06. The Morgan fingerprint density at radius 1 is 1.31 bits per heavy atom. The molecule has 0 amide bonds. The molecule has 5 heteroatoms. The lowest BCUT2D eigenvalue weighted by Crippen LogP contribution is -2.12. The molecule has 1 atom stereocenters. The van der Waals surface area contributed by atoms with Gasteiger partial charge in [-0.05, 0) is 30.2 Å². The van der Waals surface area contributed by atoms with Crippen molar-refractivity contribution in [3.05, 3.63) is 34.3 Å². The molecule has 0 aliphatic rings. The Labute approximate surface area is 97.4 Å². The summed E-state index contributed by atoms with van der Waals surface area (Å²) in [6, 6.07) is 3.05. The lowest BCUT2D eigenvalue weighted by molar-refractivity contribution is -0.137. The highest BCUT2D eigenvalue weighted by molar-refractivity contribution is 6.30. The van der Waals surface area contributed by atoms with E-state index < -0.39 is 17.8 Å². The van der Waals surface area contributed by atoms with Gasteiger partial charge in [-0.3, -0.25) is 0 Å². The minimum Gasteiger partial charge on any atom is -0.324 e. The summed E-state index contributed by atoms with van der Waals surface area (Å²) in [5, 5.41) is 0.0661. The molecule has 0 saturated heterocycles. The molecule has 1 aromatic carbocycles. The summed E-state index contributed by atoms with van der Waals surface area (Å²) in [5.74, 6) is 0. The normalized spacial score (nSPS) is 13.9. The molecule has 16 heavy (non-hydrogen) atoms. The zero-order chi connectivity index (χ0) is 12.3. The lowest BCUT2D eigenvalue weighted by atomic mass is 10.0. The molecule has 0 aliphatic carbocycles. The van der Waals surface area contributed by atoms with Gasteiger partial charge in [-0.1, -0.05) is 24.9 Å². The van der Waals surface area contributed by atoms with Crippen LogP contribution in [-0.2, 0) is 6.18 Å². The number of alkyl halides is 3. The van der Waals surface area contributed by atoms with Gasteiger partial charge in [-0.25, -0.2) is 0 Å². The minimum atomic E-state index is -4.38. The van der Waals surface area contributed by atoms with Crippen LogP contribution < -0.4 is 5.73 Å². The quantitative estimate of drug-likeness (QED) is 0.858. The van der Waals surface area contributed by atoms with Crippen LogP contribution in [0.25, 0.3) is 0 Å². The van der Waals surface area contributed by atoms with Crippen molar-refractivity contribution < 1.29 is 13.2 Å². The van der Waals surface area contributed by atoms with Crippen molar-refractivity contribution in [3.8, 4) is 0 Å². The Morgan fingerprint density at radius 2 is 1.94 bits per heavy atom. The smallest absolute Gasteiger partial charge is 0.324 e. The van der Waals surface area contributed by atoms with E-state index >= 15 is 0 Å². The second-order valence-corrected chi connectivity index (χ2v) is 4.10. The molecule has 0 bridgehead atoms. The molecule has 0 fully saturated rings. The van der Waals surface area contributed by atoms with Crippen LogP contribution >= 0.6 is 11.6 Å². The Hall–Kier alpha value is -0.740. The zero-order valence-electron chi connectivity index (χ0n) is 8.81. The van der Waals surface area contributed by atoms with Crippen molar-refractivity contribution in [2.75, 3.05) is 0 Å². The Morgan fingerprint density at radius 3 is 2.44 bits per heavy atom. The summed E-state index contributed by atoms with van der Waals surface area (Å²) in [6.07, 6.45) is -2.93. The van der Waals surface area contributed by atoms with E-state index in [-0.39, 0.29) is 5.02 Å². The van der Waals surface area contributed by atoms with Crippen LogP contribution in [0, 0.1) is 0 Å².